The van der Waals surface area contributed by atoms with E-state index in [1.54, 1.807) is 27.8 Å². The second-order valence-corrected chi connectivity index (χ2v) is 8.32. The summed E-state index contributed by atoms with van der Waals surface area (Å²) in [6.45, 7) is 7.20. The molecule has 1 fully saturated rings. The monoisotopic (exact) mass is 417 g/mol. The molecule has 0 bridgehead atoms. The fourth-order valence-electron chi connectivity index (χ4n) is 3.22. The van der Waals surface area contributed by atoms with Crippen LogP contribution in [0, 0.1) is 0 Å². The maximum absolute atomic E-state index is 13.1. The molecular weight excluding hydrogens is 387 g/mol. The molecule has 1 aromatic heterocycles. The Morgan fingerprint density at radius 1 is 1.28 bits per heavy atom. The van der Waals surface area contributed by atoms with Gasteiger partial charge in [-0.3, -0.25) is 0 Å². The van der Waals surface area contributed by atoms with Gasteiger partial charge in [-0.15, -0.1) is 0 Å². The van der Waals surface area contributed by atoms with Crippen LogP contribution in [0.1, 0.15) is 64.6 Å². The first kappa shape index (κ1) is 23.2. The predicted octanol–water partition coefficient (Wildman–Crippen LogP) is 4.15. The summed E-state index contributed by atoms with van der Waals surface area (Å²) in [5.74, 6) is 0.201. The first-order valence-corrected chi connectivity index (χ1v) is 9.81. The number of anilines is 1. The molecule has 2 rings (SSSR count). The molecule has 164 valence electrons. The highest BCUT2D eigenvalue weighted by Gasteiger charge is 2.35. The first-order valence-electron chi connectivity index (χ1n) is 9.81. The van der Waals surface area contributed by atoms with Gasteiger partial charge in [0.15, 0.2) is 0 Å². The number of hydrogen-bond donors (Lipinski definition) is 2. The Balaban J connectivity index is 1.94. The largest absolute Gasteiger partial charge is 0.443 e. The fraction of sp³-hybridized carbons (Fsp3) is 0.737. The summed E-state index contributed by atoms with van der Waals surface area (Å²) in [6, 6.07) is 0.0420. The molecular formula is C19H30F3N5O2. The number of hydrazine groups is 1. The van der Waals surface area contributed by atoms with Gasteiger partial charge < -0.3 is 10.1 Å². The van der Waals surface area contributed by atoms with E-state index in [0.29, 0.717) is 12.8 Å². The van der Waals surface area contributed by atoms with Crippen LogP contribution in [0.4, 0.5) is 23.9 Å². The van der Waals surface area contributed by atoms with Crippen molar-refractivity contribution in [3.05, 3.63) is 17.5 Å². The zero-order valence-corrected chi connectivity index (χ0v) is 17.6. The number of rotatable bonds is 6. The molecule has 0 aromatic carbocycles. The number of hydrogen-bond acceptors (Lipinski definition) is 6. The standard InChI is InChI=1S/C19H30F3N5O2/c1-6-7-15-14(19(20,21)22)11-23-16(25-15)24-12-8-9-13(10-12)26-27(5)17(28)29-18(2,3)4/h11-13,26H,6-10H2,1-5H3,(H,23,24,25)/t12-,13-/m0/s1. The number of halogens is 3. The minimum absolute atomic E-state index is 0.00532. The van der Waals surface area contributed by atoms with E-state index in [2.05, 4.69) is 20.7 Å². The number of aryl methyl sites for hydroxylation is 1. The van der Waals surface area contributed by atoms with E-state index < -0.39 is 23.4 Å². The molecule has 1 aromatic rings. The zero-order valence-electron chi connectivity index (χ0n) is 17.6. The normalized spacial score (nSPS) is 19.9. The molecule has 0 radical (unpaired) electrons. The van der Waals surface area contributed by atoms with Crippen LogP contribution in [0.5, 0.6) is 0 Å². The van der Waals surface area contributed by atoms with Gasteiger partial charge in [0, 0.05) is 25.3 Å². The topological polar surface area (TPSA) is 79.4 Å². The summed E-state index contributed by atoms with van der Waals surface area (Å²) in [5.41, 5.74) is 1.75. The third kappa shape index (κ3) is 7.02. The number of ether oxygens (including phenoxy) is 1. The lowest BCUT2D eigenvalue weighted by molar-refractivity contribution is -0.138. The quantitative estimate of drug-likeness (QED) is 0.677. The molecule has 1 aliphatic rings. The summed E-state index contributed by atoms with van der Waals surface area (Å²) < 4.78 is 44.6. The van der Waals surface area contributed by atoms with Crippen molar-refractivity contribution in [2.75, 3.05) is 12.4 Å². The SMILES string of the molecule is CCCc1nc(N[C@H]2CC[C@H](NN(C)C(=O)OC(C)(C)C)C2)ncc1C(F)(F)F. The Kier molecular flexibility index (Phi) is 7.31. The number of nitrogens with one attached hydrogen (secondary N) is 2. The minimum atomic E-state index is -4.46. The molecule has 1 aliphatic carbocycles. The molecule has 2 atom stereocenters. The summed E-state index contributed by atoms with van der Waals surface area (Å²) >= 11 is 0. The van der Waals surface area contributed by atoms with Crippen LogP contribution < -0.4 is 10.7 Å². The minimum Gasteiger partial charge on any atom is -0.443 e. The highest BCUT2D eigenvalue weighted by Crippen LogP contribution is 2.32. The summed E-state index contributed by atoms with van der Waals surface area (Å²) in [4.78, 5) is 20.0. The van der Waals surface area contributed by atoms with Crippen LogP contribution in [0.15, 0.2) is 6.20 Å². The number of alkyl halides is 3. The predicted molar refractivity (Wildman–Crippen MR) is 103 cm³/mol. The maximum atomic E-state index is 13.1. The molecule has 1 saturated carbocycles. The third-order valence-electron chi connectivity index (χ3n) is 4.47. The Labute approximate surface area is 169 Å². The van der Waals surface area contributed by atoms with E-state index in [1.165, 1.54) is 5.01 Å². The van der Waals surface area contributed by atoms with E-state index >= 15 is 0 Å². The second kappa shape index (κ2) is 9.15. The molecule has 2 N–H and O–H groups in total. The number of carbonyl (C=O) groups excluding carboxylic acids is 1. The molecule has 29 heavy (non-hydrogen) atoms. The van der Waals surface area contributed by atoms with Gasteiger partial charge in [-0.1, -0.05) is 13.3 Å². The Morgan fingerprint density at radius 3 is 2.52 bits per heavy atom. The highest BCUT2D eigenvalue weighted by molar-refractivity contribution is 5.67. The summed E-state index contributed by atoms with van der Waals surface area (Å²) in [7, 11) is 1.60. The average molecular weight is 417 g/mol. The van der Waals surface area contributed by atoms with E-state index in [0.717, 1.165) is 19.0 Å². The lowest BCUT2D eigenvalue weighted by Crippen LogP contribution is -2.47. The van der Waals surface area contributed by atoms with Gasteiger partial charge in [0.25, 0.3) is 0 Å². The lowest BCUT2D eigenvalue weighted by Gasteiger charge is -2.27. The highest BCUT2D eigenvalue weighted by atomic mass is 19.4. The van der Waals surface area contributed by atoms with Crippen LogP contribution in [-0.2, 0) is 17.3 Å². The van der Waals surface area contributed by atoms with Crippen molar-refractivity contribution < 1.29 is 22.7 Å². The van der Waals surface area contributed by atoms with Crippen LogP contribution >= 0.6 is 0 Å². The number of nitrogens with zero attached hydrogens (tertiary/aromatic N) is 3. The van der Waals surface area contributed by atoms with Gasteiger partial charge in [-0.25, -0.2) is 25.2 Å². The van der Waals surface area contributed by atoms with Crippen molar-refractivity contribution in [3.8, 4) is 0 Å². The number of amides is 1. The van der Waals surface area contributed by atoms with Crippen LogP contribution in [-0.4, -0.2) is 45.8 Å². The van der Waals surface area contributed by atoms with Gasteiger partial charge in [0.05, 0.1) is 11.3 Å². The average Bonchev–Trinajstić information content (AvgIpc) is 2.99. The van der Waals surface area contributed by atoms with E-state index in [4.69, 9.17) is 4.74 Å². The van der Waals surface area contributed by atoms with Gasteiger partial charge in [-0.05, 0) is 46.5 Å². The molecule has 0 aliphatic heterocycles. The maximum Gasteiger partial charge on any atom is 0.424 e. The van der Waals surface area contributed by atoms with Gasteiger partial charge >= 0.3 is 12.3 Å². The second-order valence-electron chi connectivity index (χ2n) is 8.32. The summed E-state index contributed by atoms with van der Waals surface area (Å²) in [6.07, 6.45) is -1.02. The first-order chi connectivity index (χ1) is 13.4. The van der Waals surface area contributed by atoms with Gasteiger partial charge in [-0.2, -0.15) is 13.2 Å². The molecule has 1 amide bonds. The van der Waals surface area contributed by atoms with Crippen molar-refractivity contribution in [1.29, 1.82) is 0 Å². The Bertz CT molecular complexity index is 706. The van der Waals surface area contributed by atoms with E-state index in [9.17, 15) is 18.0 Å². The summed E-state index contributed by atoms with van der Waals surface area (Å²) in [5, 5.41) is 4.45. The van der Waals surface area contributed by atoms with Crippen molar-refractivity contribution in [3.63, 3.8) is 0 Å². The van der Waals surface area contributed by atoms with Crippen molar-refractivity contribution in [1.82, 2.24) is 20.4 Å². The molecule has 1 heterocycles. The lowest BCUT2D eigenvalue weighted by atomic mass is 10.1. The fourth-order valence-corrected chi connectivity index (χ4v) is 3.22. The van der Waals surface area contributed by atoms with Crippen molar-refractivity contribution in [2.45, 2.75) is 83.7 Å². The van der Waals surface area contributed by atoms with Gasteiger partial charge in [0.1, 0.15) is 5.60 Å². The van der Waals surface area contributed by atoms with Crippen molar-refractivity contribution >= 4 is 12.0 Å². The van der Waals surface area contributed by atoms with Crippen molar-refractivity contribution in [2.24, 2.45) is 0 Å². The number of aromatic nitrogens is 2. The molecule has 10 heteroatoms. The third-order valence-corrected chi connectivity index (χ3v) is 4.47. The van der Waals surface area contributed by atoms with Crippen LogP contribution in [0.3, 0.4) is 0 Å². The van der Waals surface area contributed by atoms with Crippen LogP contribution in [0.25, 0.3) is 0 Å². The van der Waals surface area contributed by atoms with Gasteiger partial charge in [0.2, 0.25) is 5.95 Å². The molecule has 0 unspecified atom stereocenters. The Hall–Kier alpha value is -2.10. The number of carbonyl (C=O) groups is 1. The van der Waals surface area contributed by atoms with Crippen LogP contribution in [0.2, 0.25) is 0 Å². The zero-order chi connectivity index (χ0) is 21.8. The van der Waals surface area contributed by atoms with E-state index in [1.807, 2.05) is 6.92 Å². The van der Waals surface area contributed by atoms with E-state index in [-0.39, 0.29) is 30.1 Å². The smallest absolute Gasteiger partial charge is 0.424 e. The molecule has 0 spiro atoms. The molecule has 0 saturated heterocycles. The Morgan fingerprint density at radius 2 is 1.93 bits per heavy atom. The molecule has 7 nitrogen and oxygen atoms in total.